The summed E-state index contributed by atoms with van der Waals surface area (Å²) in [6.45, 7) is 7.05. The number of carbonyl (C=O) groups is 2. The Balaban J connectivity index is 2.48. The fourth-order valence-corrected chi connectivity index (χ4v) is 1.32. The number of oxazole rings is 1. The molecule has 1 aromatic heterocycles. The normalized spacial score (nSPS) is 12.8. The Morgan fingerprint density at radius 1 is 1.53 bits per heavy atom. The van der Waals surface area contributed by atoms with Crippen LogP contribution in [0.15, 0.2) is 10.7 Å². The van der Waals surface area contributed by atoms with Gasteiger partial charge in [-0.2, -0.15) is 0 Å². The van der Waals surface area contributed by atoms with Crippen LogP contribution in [0, 0.1) is 0 Å². The molecule has 0 aliphatic carbocycles. The summed E-state index contributed by atoms with van der Waals surface area (Å²) >= 11 is 0. The van der Waals surface area contributed by atoms with Crippen LogP contribution in [0.25, 0.3) is 0 Å². The van der Waals surface area contributed by atoms with E-state index in [0.717, 1.165) is 6.26 Å². The first-order valence-electron chi connectivity index (χ1n) is 5.84. The zero-order chi connectivity index (χ0) is 14.6. The number of carbonyl (C=O) groups excluding carboxylic acids is 1. The van der Waals surface area contributed by atoms with E-state index in [1.54, 1.807) is 27.7 Å². The second-order valence-electron chi connectivity index (χ2n) is 5.18. The number of alkyl carbamates (subject to hydrolysis) is 1. The monoisotopic (exact) mass is 270 g/mol. The van der Waals surface area contributed by atoms with Crippen molar-refractivity contribution < 1.29 is 23.8 Å². The third kappa shape index (κ3) is 5.41. The molecule has 1 atom stereocenters. The molecule has 0 saturated carbocycles. The number of nitrogens with zero attached hydrogens (tertiary/aromatic N) is 1. The van der Waals surface area contributed by atoms with Gasteiger partial charge in [0.2, 0.25) is 0 Å². The highest BCUT2D eigenvalue weighted by molar-refractivity contribution is 5.84. The van der Waals surface area contributed by atoms with Crippen molar-refractivity contribution >= 4 is 12.1 Å². The number of amides is 1. The third-order valence-corrected chi connectivity index (χ3v) is 2.01. The van der Waals surface area contributed by atoms with E-state index in [9.17, 15) is 9.59 Å². The largest absolute Gasteiger partial charge is 0.476 e. The zero-order valence-electron chi connectivity index (χ0n) is 11.4. The molecule has 0 aromatic carbocycles. The lowest BCUT2D eigenvalue weighted by molar-refractivity contribution is 0.0506. The fourth-order valence-electron chi connectivity index (χ4n) is 1.32. The number of hydrogen-bond acceptors (Lipinski definition) is 5. The van der Waals surface area contributed by atoms with Crippen molar-refractivity contribution in [2.24, 2.45) is 0 Å². The molecule has 0 spiro atoms. The predicted molar refractivity (Wildman–Crippen MR) is 66.0 cm³/mol. The van der Waals surface area contributed by atoms with E-state index in [4.69, 9.17) is 14.3 Å². The molecule has 106 valence electrons. The van der Waals surface area contributed by atoms with Crippen molar-refractivity contribution in [3.05, 3.63) is 17.8 Å². The Morgan fingerprint density at radius 3 is 2.63 bits per heavy atom. The number of nitrogens with one attached hydrogen (secondary N) is 1. The molecule has 7 heteroatoms. The number of aromatic carboxylic acids is 1. The minimum atomic E-state index is -1.15. The summed E-state index contributed by atoms with van der Waals surface area (Å²) in [5.74, 6) is -0.899. The number of ether oxygens (including phenoxy) is 1. The minimum absolute atomic E-state index is 0.153. The molecular weight excluding hydrogens is 252 g/mol. The summed E-state index contributed by atoms with van der Waals surface area (Å²) in [6, 6.07) is -0.282. The van der Waals surface area contributed by atoms with Crippen LogP contribution in [-0.4, -0.2) is 33.8 Å². The Hall–Kier alpha value is -2.05. The topological polar surface area (TPSA) is 102 Å². The molecule has 0 bridgehead atoms. The molecule has 0 aliphatic rings. The van der Waals surface area contributed by atoms with Gasteiger partial charge in [0.05, 0.1) is 0 Å². The number of carboxylic acid groups (broad SMARTS) is 1. The predicted octanol–water partition coefficient (Wildman–Crippen LogP) is 1.83. The Morgan fingerprint density at radius 2 is 2.16 bits per heavy atom. The maximum Gasteiger partial charge on any atom is 0.407 e. The van der Waals surface area contributed by atoms with Crippen molar-refractivity contribution in [2.45, 2.75) is 45.8 Å². The van der Waals surface area contributed by atoms with E-state index >= 15 is 0 Å². The number of aromatic nitrogens is 1. The molecule has 19 heavy (non-hydrogen) atoms. The smallest absolute Gasteiger partial charge is 0.407 e. The quantitative estimate of drug-likeness (QED) is 0.865. The van der Waals surface area contributed by atoms with E-state index in [-0.39, 0.29) is 24.0 Å². The summed E-state index contributed by atoms with van der Waals surface area (Å²) < 4.78 is 10.1. The maximum atomic E-state index is 11.5. The van der Waals surface area contributed by atoms with Gasteiger partial charge in [-0.1, -0.05) is 0 Å². The zero-order valence-corrected chi connectivity index (χ0v) is 11.4. The van der Waals surface area contributed by atoms with E-state index < -0.39 is 17.7 Å². The van der Waals surface area contributed by atoms with Crippen LogP contribution in [0.4, 0.5) is 4.79 Å². The van der Waals surface area contributed by atoms with E-state index in [0.29, 0.717) is 0 Å². The van der Waals surface area contributed by atoms with Gasteiger partial charge in [0, 0.05) is 12.5 Å². The van der Waals surface area contributed by atoms with Gasteiger partial charge in [-0.3, -0.25) is 0 Å². The first kappa shape index (κ1) is 15.0. The van der Waals surface area contributed by atoms with Gasteiger partial charge in [-0.25, -0.2) is 14.6 Å². The van der Waals surface area contributed by atoms with Crippen LogP contribution in [0.1, 0.15) is 44.1 Å². The fraction of sp³-hybridized carbons (Fsp3) is 0.583. The third-order valence-electron chi connectivity index (χ3n) is 2.01. The SMILES string of the molecule is C[C@H](Cc1nc(C(=O)O)co1)NC(=O)OC(C)(C)C. The Bertz CT molecular complexity index is 461. The Labute approximate surface area is 111 Å². The molecular formula is C12H18N2O5. The highest BCUT2D eigenvalue weighted by atomic mass is 16.6. The van der Waals surface area contributed by atoms with Crippen LogP contribution in [0.3, 0.4) is 0 Å². The molecule has 1 aromatic rings. The summed E-state index contributed by atoms with van der Waals surface area (Å²) in [7, 11) is 0. The number of rotatable bonds is 4. The van der Waals surface area contributed by atoms with E-state index in [1.165, 1.54) is 0 Å². The molecule has 0 unspecified atom stereocenters. The van der Waals surface area contributed by atoms with Crippen molar-refractivity contribution in [1.82, 2.24) is 10.3 Å². The van der Waals surface area contributed by atoms with Gasteiger partial charge in [0.25, 0.3) is 0 Å². The van der Waals surface area contributed by atoms with Gasteiger partial charge < -0.3 is 19.6 Å². The van der Waals surface area contributed by atoms with Crippen molar-refractivity contribution in [1.29, 1.82) is 0 Å². The van der Waals surface area contributed by atoms with Crippen molar-refractivity contribution in [2.75, 3.05) is 0 Å². The van der Waals surface area contributed by atoms with Crippen LogP contribution in [0.2, 0.25) is 0 Å². The number of hydrogen-bond donors (Lipinski definition) is 2. The van der Waals surface area contributed by atoms with Crippen LogP contribution >= 0.6 is 0 Å². The molecule has 2 N–H and O–H groups in total. The van der Waals surface area contributed by atoms with Gasteiger partial charge in [-0.15, -0.1) is 0 Å². The molecule has 0 saturated heterocycles. The summed E-state index contributed by atoms with van der Waals surface area (Å²) in [5, 5.41) is 11.3. The standard InChI is InChI=1S/C12H18N2O5/c1-7(13-11(17)19-12(2,3)4)5-9-14-8(6-18-9)10(15)16/h6-7H,5H2,1-4H3,(H,13,17)(H,15,16)/t7-/m1/s1. The highest BCUT2D eigenvalue weighted by Gasteiger charge is 2.19. The van der Waals surface area contributed by atoms with Crippen LogP contribution in [-0.2, 0) is 11.2 Å². The molecule has 1 amide bonds. The molecule has 1 rings (SSSR count). The van der Waals surface area contributed by atoms with E-state index in [1.807, 2.05) is 0 Å². The first-order chi connectivity index (χ1) is 8.67. The summed E-state index contributed by atoms with van der Waals surface area (Å²) in [5.41, 5.74) is -0.720. The Kier molecular flexibility index (Phi) is 4.52. The average molecular weight is 270 g/mol. The van der Waals surface area contributed by atoms with Crippen molar-refractivity contribution in [3.63, 3.8) is 0 Å². The molecule has 0 radical (unpaired) electrons. The molecule has 1 heterocycles. The van der Waals surface area contributed by atoms with Gasteiger partial charge in [0.1, 0.15) is 11.9 Å². The first-order valence-corrected chi connectivity index (χ1v) is 5.84. The lowest BCUT2D eigenvalue weighted by Crippen LogP contribution is -2.38. The summed E-state index contributed by atoms with van der Waals surface area (Å²) in [4.78, 5) is 25.9. The van der Waals surface area contributed by atoms with Gasteiger partial charge >= 0.3 is 12.1 Å². The molecule has 0 aliphatic heterocycles. The second kappa shape index (κ2) is 5.73. The minimum Gasteiger partial charge on any atom is -0.476 e. The molecule has 7 nitrogen and oxygen atoms in total. The second-order valence-corrected chi connectivity index (χ2v) is 5.18. The maximum absolute atomic E-state index is 11.5. The lowest BCUT2D eigenvalue weighted by atomic mass is 10.2. The summed E-state index contributed by atoms with van der Waals surface area (Å²) in [6.07, 6.45) is 0.815. The average Bonchev–Trinajstić information content (AvgIpc) is 2.62. The van der Waals surface area contributed by atoms with Gasteiger partial charge in [0.15, 0.2) is 11.6 Å². The van der Waals surface area contributed by atoms with E-state index in [2.05, 4.69) is 10.3 Å². The van der Waals surface area contributed by atoms with Gasteiger partial charge in [-0.05, 0) is 27.7 Å². The van der Waals surface area contributed by atoms with Crippen LogP contribution < -0.4 is 5.32 Å². The van der Waals surface area contributed by atoms with Crippen LogP contribution in [0.5, 0.6) is 0 Å². The highest BCUT2D eigenvalue weighted by Crippen LogP contribution is 2.08. The number of carboxylic acids is 1. The lowest BCUT2D eigenvalue weighted by Gasteiger charge is -2.21. The van der Waals surface area contributed by atoms with Crippen molar-refractivity contribution in [3.8, 4) is 0 Å². The molecule has 0 fully saturated rings.